The van der Waals surface area contributed by atoms with Crippen LogP contribution in [0.4, 0.5) is 0 Å². The molecule has 1 aromatic heterocycles. The van der Waals surface area contributed by atoms with Gasteiger partial charge in [-0.3, -0.25) is 4.79 Å². The Labute approximate surface area is 138 Å². The van der Waals surface area contributed by atoms with E-state index in [0.29, 0.717) is 16.7 Å². The number of carbonyl (C=O) groups excluding carboxylic acids is 1. The average Bonchev–Trinajstić information content (AvgIpc) is 2.86. The molecule has 0 unspecified atom stereocenters. The van der Waals surface area contributed by atoms with E-state index in [1.54, 1.807) is 0 Å². The minimum absolute atomic E-state index is 0.00356. The van der Waals surface area contributed by atoms with Gasteiger partial charge >= 0.3 is 0 Å². The van der Waals surface area contributed by atoms with Crippen LogP contribution < -0.4 is 5.32 Å². The zero-order chi connectivity index (χ0) is 16.2. The molecule has 4 bridgehead atoms. The van der Waals surface area contributed by atoms with E-state index in [0.717, 1.165) is 29.9 Å². The summed E-state index contributed by atoms with van der Waals surface area (Å²) in [7, 11) is 0. The van der Waals surface area contributed by atoms with Crippen molar-refractivity contribution < 1.29 is 9.32 Å². The lowest BCUT2D eigenvalue weighted by Crippen LogP contribution is -2.55. The zero-order valence-corrected chi connectivity index (χ0v) is 14.5. The van der Waals surface area contributed by atoms with Crippen LogP contribution in [0.5, 0.6) is 0 Å². The number of hydrogen-bond donors (Lipinski definition) is 1. The van der Waals surface area contributed by atoms with E-state index in [-0.39, 0.29) is 11.9 Å². The molecule has 4 nitrogen and oxygen atoms in total. The summed E-state index contributed by atoms with van der Waals surface area (Å²) in [6.07, 6.45) is 8.96. The molecule has 1 aromatic rings. The Balaban J connectivity index is 1.52. The third-order valence-corrected chi connectivity index (χ3v) is 6.85. The van der Waals surface area contributed by atoms with Gasteiger partial charge in [-0.2, -0.15) is 0 Å². The molecule has 4 aliphatic carbocycles. The Morgan fingerprint density at radius 1 is 1.26 bits per heavy atom. The highest BCUT2D eigenvalue weighted by Gasteiger charge is 2.53. The van der Waals surface area contributed by atoms with Gasteiger partial charge in [-0.15, -0.1) is 0 Å². The topological polar surface area (TPSA) is 55.1 Å². The first kappa shape index (κ1) is 15.2. The van der Waals surface area contributed by atoms with Crippen LogP contribution in [0.3, 0.4) is 0 Å². The summed E-state index contributed by atoms with van der Waals surface area (Å²) in [4.78, 5) is 12.8. The van der Waals surface area contributed by atoms with Gasteiger partial charge in [-0.05, 0) is 82.0 Å². The van der Waals surface area contributed by atoms with Gasteiger partial charge in [0.05, 0.1) is 5.69 Å². The van der Waals surface area contributed by atoms with Crippen LogP contribution in [0.15, 0.2) is 4.52 Å². The van der Waals surface area contributed by atoms with Crippen LogP contribution in [-0.2, 0) is 6.42 Å². The van der Waals surface area contributed by atoms with Crippen molar-refractivity contribution in [2.75, 3.05) is 0 Å². The van der Waals surface area contributed by atoms with Crippen molar-refractivity contribution in [2.45, 2.75) is 71.8 Å². The lowest BCUT2D eigenvalue weighted by molar-refractivity contribution is -0.0688. The smallest absolute Gasteiger partial charge is 0.257 e. The Hall–Kier alpha value is -1.32. The molecule has 1 N–H and O–H groups in total. The van der Waals surface area contributed by atoms with Crippen LogP contribution in [0, 0.1) is 30.1 Å². The monoisotopic (exact) mass is 316 g/mol. The minimum Gasteiger partial charge on any atom is -0.361 e. The molecule has 0 aliphatic heterocycles. The van der Waals surface area contributed by atoms with Gasteiger partial charge in [-0.25, -0.2) is 0 Å². The van der Waals surface area contributed by atoms with Crippen molar-refractivity contribution in [3.8, 4) is 0 Å². The first-order chi connectivity index (χ1) is 11.0. The molecule has 23 heavy (non-hydrogen) atoms. The van der Waals surface area contributed by atoms with E-state index in [4.69, 9.17) is 4.52 Å². The molecule has 4 fully saturated rings. The van der Waals surface area contributed by atoms with Crippen molar-refractivity contribution in [3.63, 3.8) is 0 Å². The van der Waals surface area contributed by atoms with E-state index < -0.39 is 0 Å². The maximum absolute atomic E-state index is 12.8. The molecular weight excluding hydrogens is 288 g/mol. The standard InChI is InChI=1S/C19H28N2O2/c1-4-16-17(11(2)23-21-16)18(22)20-12(3)19-8-13-5-14(9-19)7-15(6-13)10-19/h12-15H,4-10H2,1-3H3,(H,20,22)/t12-,13?,14?,15?,19?/m1/s1. The molecule has 4 saturated carbocycles. The summed E-state index contributed by atoms with van der Waals surface area (Å²) in [5.74, 6) is 3.36. The van der Waals surface area contributed by atoms with E-state index >= 15 is 0 Å². The van der Waals surface area contributed by atoms with Crippen molar-refractivity contribution in [1.29, 1.82) is 0 Å². The molecule has 0 spiro atoms. The summed E-state index contributed by atoms with van der Waals surface area (Å²) in [6, 6.07) is 0.238. The molecule has 4 heteroatoms. The van der Waals surface area contributed by atoms with Gasteiger partial charge in [0.25, 0.3) is 5.91 Å². The van der Waals surface area contributed by atoms with Crippen LogP contribution in [0.25, 0.3) is 0 Å². The number of aryl methyl sites for hydroxylation is 2. The molecule has 1 atom stereocenters. The second-order valence-electron chi connectivity index (χ2n) is 8.39. The first-order valence-electron chi connectivity index (χ1n) is 9.26. The third-order valence-electron chi connectivity index (χ3n) is 6.85. The van der Waals surface area contributed by atoms with Crippen molar-refractivity contribution in [3.05, 3.63) is 17.0 Å². The van der Waals surface area contributed by atoms with Crippen molar-refractivity contribution in [2.24, 2.45) is 23.2 Å². The van der Waals surface area contributed by atoms with E-state index in [2.05, 4.69) is 17.4 Å². The zero-order valence-electron chi connectivity index (χ0n) is 14.5. The van der Waals surface area contributed by atoms with Gasteiger partial charge < -0.3 is 9.84 Å². The van der Waals surface area contributed by atoms with Gasteiger partial charge in [0.1, 0.15) is 11.3 Å². The fourth-order valence-corrected chi connectivity index (χ4v) is 6.08. The molecular formula is C19H28N2O2. The highest BCUT2D eigenvalue weighted by atomic mass is 16.5. The summed E-state index contributed by atoms with van der Waals surface area (Å²) >= 11 is 0. The number of nitrogens with one attached hydrogen (secondary N) is 1. The van der Waals surface area contributed by atoms with Crippen molar-refractivity contribution >= 4 is 5.91 Å². The van der Waals surface area contributed by atoms with Crippen LogP contribution in [-0.4, -0.2) is 17.1 Å². The maximum atomic E-state index is 12.8. The number of hydrogen-bond acceptors (Lipinski definition) is 3. The molecule has 0 saturated heterocycles. The fourth-order valence-electron chi connectivity index (χ4n) is 6.08. The predicted molar refractivity (Wildman–Crippen MR) is 88.2 cm³/mol. The van der Waals surface area contributed by atoms with Crippen molar-refractivity contribution in [1.82, 2.24) is 10.5 Å². The highest BCUT2D eigenvalue weighted by Crippen LogP contribution is 2.61. The van der Waals surface area contributed by atoms with Gasteiger partial charge in [0.15, 0.2) is 0 Å². The van der Waals surface area contributed by atoms with Crippen LogP contribution in [0.2, 0.25) is 0 Å². The van der Waals surface area contributed by atoms with E-state index in [9.17, 15) is 4.79 Å². The lowest BCUT2D eigenvalue weighted by atomic mass is 9.48. The summed E-state index contributed by atoms with van der Waals surface area (Å²) in [5.41, 5.74) is 1.77. The largest absolute Gasteiger partial charge is 0.361 e. The second-order valence-corrected chi connectivity index (χ2v) is 8.39. The average molecular weight is 316 g/mol. The molecule has 0 radical (unpaired) electrons. The van der Waals surface area contributed by atoms with E-state index in [1.807, 2.05) is 13.8 Å². The minimum atomic E-state index is 0.00356. The highest BCUT2D eigenvalue weighted by molar-refractivity contribution is 5.96. The van der Waals surface area contributed by atoms with Crippen LogP contribution in [0.1, 0.15) is 74.2 Å². The number of amides is 1. The maximum Gasteiger partial charge on any atom is 0.257 e. The Kier molecular flexibility index (Phi) is 3.54. The molecule has 126 valence electrons. The molecule has 0 aromatic carbocycles. The number of aromatic nitrogens is 1. The number of carbonyl (C=O) groups is 1. The lowest BCUT2D eigenvalue weighted by Gasteiger charge is -2.59. The quantitative estimate of drug-likeness (QED) is 0.917. The Morgan fingerprint density at radius 3 is 2.35 bits per heavy atom. The van der Waals surface area contributed by atoms with Gasteiger partial charge in [0, 0.05) is 6.04 Å². The second kappa shape index (κ2) is 5.35. The molecule has 1 amide bonds. The Morgan fingerprint density at radius 2 is 1.83 bits per heavy atom. The third kappa shape index (κ3) is 2.41. The summed E-state index contributed by atoms with van der Waals surface area (Å²) in [5, 5.41) is 7.34. The number of rotatable bonds is 4. The van der Waals surface area contributed by atoms with Gasteiger partial charge in [-0.1, -0.05) is 12.1 Å². The summed E-state index contributed by atoms with van der Waals surface area (Å²) < 4.78 is 5.23. The Bertz CT molecular complexity index is 584. The fraction of sp³-hybridized carbons (Fsp3) is 0.789. The molecule has 4 aliphatic rings. The SMILES string of the molecule is CCc1noc(C)c1C(=O)N[C@H](C)C12CC3CC(CC(C3)C1)C2. The number of nitrogens with zero attached hydrogens (tertiary/aromatic N) is 1. The summed E-state index contributed by atoms with van der Waals surface area (Å²) in [6.45, 7) is 6.06. The first-order valence-corrected chi connectivity index (χ1v) is 9.26. The predicted octanol–water partition coefficient (Wildman–Crippen LogP) is 3.88. The van der Waals surface area contributed by atoms with E-state index in [1.165, 1.54) is 38.5 Å². The normalized spacial score (nSPS) is 36.2. The molecule has 1 heterocycles. The van der Waals surface area contributed by atoms with Crippen LogP contribution >= 0.6 is 0 Å². The molecule has 5 rings (SSSR count). The van der Waals surface area contributed by atoms with Gasteiger partial charge in [0.2, 0.25) is 0 Å².